The third-order valence-corrected chi connectivity index (χ3v) is 5.95. The van der Waals surface area contributed by atoms with Crippen molar-refractivity contribution in [2.45, 2.75) is 32.0 Å². The molecule has 0 aliphatic rings. The molecule has 0 aliphatic heterocycles. The molecule has 0 radical (unpaired) electrons. The number of nitrogens with one attached hydrogen (secondary N) is 1. The molecule has 5 nitrogen and oxygen atoms in total. The molecule has 3 aromatic rings. The van der Waals surface area contributed by atoms with Gasteiger partial charge in [0, 0.05) is 17.6 Å². The minimum Gasteiger partial charge on any atom is -0.349 e. The second-order valence-corrected chi connectivity index (χ2v) is 8.17. The van der Waals surface area contributed by atoms with E-state index in [9.17, 15) is 4.79 Å². The van der Waals surface area contributed by atoms with E-state index in [0.29, 0.717) is 10.2 Å². The van der Waals surface area contributed by atoms with E-state index in [1.165, 1.54) is 22.9 Å². The number of thioether (sulfide) groups is 1. The number of halogens is 1. The Kier molecular flexibility index (Phi) is 6.42. The zero-order chi connectivity index (χ0) is 20.3. The van der Waals surface area contributed by atoms with E-state index in [1.807, 2.05) is 42.8 Å². The van der Waals surface area contributed by atoms with Crippen LogP contribution in [0.5, 0.6) is 0 Å². The second kappa shape index (κ2) is 8.80. The van der Waals surface area contributed by atoms with Crippen molar-refractivity contribution in [2.24, 2.45) is 7.05 Å². The van der Waals surface area contributed by atoms with Crippen molar-refractivity contribution in [3.8, 4) is 11.4 Å². The minimum absolute atomic E-state index is 0.0354. The summed E-state index contributed by atoms with van der Waals surface area (Å²) in [7, 11) is 1.89. The van der Waals surface area contributed by atoms with Gasteiger partial charge in [-0.2, -0.15) is 0 Å². The van der Waals surface area contributed by atoms with E-state index < -0.39 is 0 Å². The lowest BCUT2D eigenvalue weighted by Gasteiger charge is -2.15. The Morgan fingerprint density at radius 2 is 1.86 bits per heavy atom. The first kappa shape index (κ1) is 20.4. The fourth-order valence-electron chi connectivity index (χ4n) is 2.82. The van der Waals surface area contributed by atoms with Crippen molar-refractivity contribution in [3.63, 3.8) is 0 Å². The van der Waals surface area contributed by atoms with Crippen LogP contribution in [0, 0.1) is 13.8 Å². The lowest BCUT2D eigenvalue weighted by molar-refractivity contribution is -0.119. The van der Waals surface area contributed by atoms with E-state index in [1.54, 1.807) is 0 Å². The van der Waals surface area contributed by atoms with Gasteiger partial charge < -0.3 is 9.88 Å². The first-order valence-electron chi connectivity index (χ1n) is 9.00. The smallest absolute Gasteiger partial charge is 0.230 e. The Morgan fingerprint density at radius 1 is 1.14 bits per heavy atom. The highest BCUT2D eigenvalue weighted by Gasteiger charge is 2.15. The Morgan fingerprint density at radius 3 is 2.54 bits per heavy atom. The van der Waals surface area contributed by atoms with Crippen LogP contribution in [-0.2, 0) is 11.8 Å². The summed E-state index contributed by atoms with van der Waals surface area (Å²) < 4.78 is 1.88. The number of amides is 1. The molecule has 1 amide bonds. The SMILES string of the molecule is Cc1ccc([C@H](C)NC(=O)CSc2nnc(-c3ccc(Cl)cc3)n2C)cc1C. The predicted octanol–water partition coefficient (Wildman–Crippen LogP) is 4.72. The zero-order valence-electron chi connectivity index (χ0n) is 16.4. The molecule has 0 fully saturated rings. The van der Waals surface area contributed by atoms with E-state index in [2.05, 4.69) is 47.6 Å². The molecule has 1 heterocycles. The van der Waals surface area contributed by atoms with Gasteiger partial charge in [-0.15, -0.1) is 10.2 Å². The first-order valence-corrected chi connectivity index (χ1v) is 10.4. The van der Waals surface area contributed by atoms with Gasteiger partial charge in [-0.05, 0) is 61.7 Å². The third kappa shape index (κ3) is 4.75. The number of nitrogens with zero attached hydrogens (tertiary/aromatic N) is 3. The van der Waals surface area contributed by atoms with Gasteiger partial charge in [-0.1, -0.05) is 41.6 Å². The molecule has 0 saturated carbocycles. The highest BCUT2D eigenvalue weighted by molar-refractivity contribution is 7.99. The monoisotopic (exact) mass is 414 g/mol. The molecule has 0 saturated heterocycles. The van der Waals surface area contributed by atoms with Gasteiger partial charge >= 0.3 is 0 Å². The Labute approximate surface area is 174 Å². The van der Waals surface area contributed by atoms with Gasteiger partial charge in [0.25, 0.3) is 0 Å². The molecule has 2 aromatic carbocycles. The number of benzene rings is 2. The molecule has 0 aliphatic carbocycles. The van der Waals surface area contributed by atoms with Gasteiger partial charge in [0.1, 0.15) is 0 Å². The van der Waals surface area contributed by atoms with Crippen LogP contribution in [0.4, 0.5) is 0 Å². The van der Waals surface area contributed by atoms with Crippen LogP contribution < -0.4 is 5.32 Å². The Hall–Kier alpha value is -2.31. The summed E-state index contributed by atoms with van der Waals surface area (Å²) in [5, 5.41) is 12.9. The van der Waals surface area contributed by atoms with Crippen LogP contribution in [0.25, 0.3) is 11.4 Å². The molecule has 1 atom stereocenters. The van der Waals surface area contributed by atoms with Crippen molar-refractivity contribution < 1.29 is 4.79 Å². The van der Waals surface area contributed by atoms with Crippen molar-refractivity contribution in [3.05, 3.63) is 64.2 Å². The summed E-state index contributed by atoms with van der Waals surface area (Å²) in [4.78, 5) is 12.4. The van der Waals surface area contributed by atoms with Crippen LogP contribution >= 0.6 is 23.4 Å². The van der Waals surface area contributed by atoms with Crippen molar-refractivity contribution in [1.82, 2.24) is 20.1 Å². The number of hydrogen-bond donors (Lipinski definition) is 1. The lowest BCUT2D eigenvalue weighted by atomic mass is 10.0. The van der Waals surface area contributed by atoms with Crippen LogP contribution in [0.3, 0.4) is 0 Å². The van der Waals surface area contributed by atoms with E-state index in [0.717, 1.165) is 17.0 Å². The van der Waals surface area contributed by atoms with Crippen molar-refractivity contribution >= 4 is 29.3 Å². The van der Waals surface area contributed by atoms with Crippen LogP contribution in [0.2, 0.25) is 5.02 Å². The molecule has 146 valence electrons. The highest BCUT2D eigenvalue weighted by Crippen LogP contribution is 2.24. The number of carbonyl (C=O) groups excluding carboxylic acids is 1. The predicted molar refractivity (Wildman–Crippen MR) is 115 cm³/mol. The average molecular weight is 415 g/mol. The van der Waals surface area contributed by atoms with Gasteiger partial charge in [0.2, 0.25) is 5.91 Å². The number of aromatic nitrogens is 3. The molecule has 0 unspecified atom stereocenters. The first-order chi connectivity index (χ1) is 13.3. The summed E-state index contributed by atoms with van der Waals surface area (Å²) >= 11 is 7.31. The van der Waals surface area contributed by atoms with E-state index in [-0.39, 0.29) is 17.7 Å². The molecule has 7 heteroatoms. The fourth-order valence-corrected chi connectivity index (χ4v) is 3.67. The normalized spacial score (nSPS) is 12.0. The van der Waals surface area contributed by atoms with Gasteiger partial charge in [-0.3, -0.25) is 4.79 Å². The maximum atomic E-state index is 12.4. The second-order valence-electron chi connectivity index (χ2n) is 6.79. The van der Waals surface area contributed by atoms with Crippen molar-refractivity contribution in [2.75, 3.05) is 5.75 Å². The Bertz CT molecular complexity index is 985. The molecule has 1 N–H and O–H groups in total. The van der Waals surface area contributed by atoms with Gasteiger partial charge in [0.15, 0.2) is 11.0 Å². The average Bonchev–Trinajstić information content (AvgIpc) is 3.03. The van der Waals surface area contributed by atoms with Gasteiger partial charge in [0.05, 0.1) is 11.8 Å². The van der Waals surface area contributed by atoms with Crippen LogP contribution in [0.15, 0.2) is 47.6 Å². The molecule has 28 heavy (non-hydrogen) atoms. The molecule has 3 rings (SSSR count). The van der Waals surface area contributed by atoms with E-state index in [4.69, 9.17) is 11.6 Å². The molecular weight excluding hydrogens is 392 g/mol. The number of aryl methyl sites for hydroxylation is 2. The molecule has 0 bridgehead atoms. The maximum absolute atomic E-state index is 12.4. The number of carbonyl (C=O) groups is 1. The standard InChI is InChI=1S/C21H23ClN4OS/c1-13-5-6-17(11-14(13)2)15(3)23-19(27)12-28-21-25-24-20(26(21)4)16-7-9-18(22)10-8-16/h5-11,15H,12H2,1-4H3,(H,23,27)/t15-/m0/s1. The summed E-state index contributed by atoms with van der Waals surface area (Å²) in [6, 6.07) is 13.7. The molecule has 1 aromatic heterocycles. The summed E-state index contributed by atoms with van der Waals surface area (Å²) in [6.45, 7) is 6.15. The van der Waals surface area contributed by atoms with Crippen LogP contribution in [0.1, 0.15) is 29.7 Å². The summed E-state index contributed by atoms with van der Waals surface area (Å²) in [5.41, 5.74) is 4.50. The minimum atomic E-state index is -0.0449. The van der Waals surface area contributed by atoms with Crippen molar-refractivity contribution in [1.29, 1.82) is 0 Å². The summed E-state index contributed by atoms with van der Waals surface area (Å²) in [5.74, 6) is 0.983. The zero-order valence-corrected chi connectivity index (χ0v) is 17.9. The third-order valence-electron chi connectivity index (χ3n) is 4.68. The highest BCUT2D eigenvalue weighted by atomic mass is 35.5. The topological polar surface area (TPSA) is 59.8 Å². The summed E-state index contributed by atoms with van der Waals surface area (Å²) in [6.07, 6.45) is 0. The van der Waals surface area contributed by atoms with E-state index >= 15 is 0 Å². The quantitative estimate of drug-likeness (QED) is 0.593. The molecule has 0 spiro atoms. The maximum Gasteiger partial charge on any atom is 0.230 e. The van der Waals surface area contributed by atoms with Gasteiger partial charge in [-0.25, -0.2) is 0 Å². The fraction of sp³-hybridized carbons (Fsp3) is 0.286. The Balaban J connectivity index is 1.60. The molecular formula is C21H23ClN4OS. The lowest BCUT2D eigenvalue weighted by Crippen LogP contribution is -2.28. The number of rotatable bonds is 6. The van der Waals surface area contributed by atoms with Crippen LogP contribution in [-0.4, -0.2) is 26.4 Å². The number of hydrogen-bond acceptors (Lipinski definition) is 4. The largest absolute Gasteiger partial charge is 0.349 e.